The normalized spacial score (nSPS) is 20.2. The van der Waals surface area contributed by atoms with Gasteiger partial charge in [-0.2, -0.15) is 5.26 Å². The summed E-state index contributed by atoms with van der Waals surface area (Å²) in [6.07, 6.45) is -1.26. The summed E-state index contributed by atoms with van der Waals surface area (Å²) in [4.78, 5) is 14.1. The van der Waals surface area contributed by atoms with Crippen LogP contribution in [0.25, 0.3) is 11.1 Å². The molecule has 0 unspecified atom stereocenters. The number of benzene rings is 2. The first kappa shape index (κ1) is 17.2. The minimum atomic E-state index is -0.890. The van der Waals surface area contributed by atoms with E-state index in [9.17, 15) is 15.0 Å². The van der Waals surface area contributed by atoms with Gasteiger partial charge in [0.2, 0.25) is 0 Å². The van der Waals surface area contributed by atoms with E-state index >= 15 is 0 Å². The Balaban J connectivity index is 1.78. The molecule has 0 aromatic heterocycles. The van der Waals surface area contributed by atoms with Gasteiger partial charge in [0.1, 0.15) is 0 Å². The van der Waals surface area contributed by atoms with Gasteiger partial charge in [-0.05, 0) is 54.3 Å². The number of aliphatic hydroxyl groups is 2. The summed E-state index contributed by atoms with van der Waals surface area (Å²) in [5.74, 6) is -0.144. The summed E-state index contributed by atoms with van der Waals surface area (Å²) >= 11 is 0. The number of likely N-dealkylation sites (tertiary alicyclic amines) is 1. The Labute approximate surface area is 146 Å². The number of aliphatic hydroxyl groups excluding tert-OH is 2. The molecule has 5 nitrogen and oxygen atoms in total. The van der Waals surface area contributed by atoms with Crippen molar-refractivity contribution < 1.29 is 15.0 Å². The number of hydrogen-bond acceptors (Lipinski definition) is 4. The van der Waals surface area contributed by atoms with Crippen LogP contribution < -0.4 is 0 Å². The van der Waals surface area contributed by atoms with Crippen molar-refractivity contribution in [3.8, 4) is 17.2 Å². The maximum absolute atomic E-state index is 12.5. The summed E-state index contributed by atoms with van der Waals surface area (Å²) in [6, 6.07) is 15.0. The van der Waals surface area contributed by atoms with E-state index in [4.69, 9.17) is 5.26 Å². The lowest BCUT2D eigenvalue weighted by Crippen LogP contribution is -2.48. The molecule has 2 atom stereocenters. The highest BCUT2D eigenvalue weighted by Gasteiger charge is 2.29. The zero-order valence-electron chi connectivity index (χ0n) is 14.0. The van der Waals surface area contributed by atoms with Crippen LogP contribution in [0.1, 0.15) is 27.9 Å². The molecule has 3 rings (SSSR count). The van der Waals surface area contributed by atoms with E-state index in [-0.39, 0.29) is 12.5 Å². The van der Waals surface area contributed by atoms with Crippen LogP contribution in [0.5, 0.6) is 0 Å². The summed E-state index contributed by atoms with van der Waals surface area (Å²) < 4.78 is 0. The molecular formula is C20H20N2O3. The lowest BCUT2D eigenvalue weighted by atomic mass is 9.97. The van der Waals surface area contributed by atoms with Crippen molar-refractivity contribution >= 4 is 5.91 Å². The Morgan fingerprint density at radius 3 is 2.48 bits per heavy atom. The largest absolute Gasteiger partial charge is 0.390 e. The van der Waals surface area contributed by atoms with Crippen molar-refractivity contribution in [2.24, 2.45) is 0 Å². The molecular weight excluding hydrogens is 316 g/mol. The lowest BCUT2D eigenvalue weighted by molar-refractivity contribution is -0.0321. The number of aryl methyl sites for hydroxylation is 1. The van der Waals surface area contributed by atoms with E-state index < -0.39 is 12.2 Å². The van der Waals surface area contributed by atoms with Crippen molar-refractivity contribution in [3.05, 3.63) is 59.2 Å². The van der Waals surface area contributed by atoms with Crippen LogP contribution in [0.2, 0.25) is 0 Å². The zero-order valence-corrected chi connectivity index (χ0v) is 14.0. The van der Waals surface area contributed by atoms with Gasteiger partial charge in [-0.25, -0.2) is 0 Å². The average molecular weight is 336 g/mol. The van der Waals surface area contributed by atoms with E-state index in [0.29, 0.717) is 24.1 Å². The van der Waals surface area contributed by atoms with Gasteiger partial charge in [0, 0.05) is 18.7 Å². The molecule has 1 amide bonds. The maximum atomic E-state index is 12.5. The molecule has 1 heterocycles. The fourth-order valence-electron chi connectivity index (χ4n) is 3.14. The molecule has 2 aromatic carbocycles. The van der Waals surface area contributed by atoms with Crippen LogP contribution in [-0.2, 0) is 0 Å². The molecule has 1 aliphatic heterocycles. The highest BCUT2D eigenvalue weighted by Crippen LogP contribution is 2.25. The molecule has 1 aliphatic rings. The van der Waals surface area contributed by atoms with Crippen molar-refractivity contribution in [1.29, 1.82) is 5.26 Å². The Hall–Kier alpha value is -2.68. The molecule has 0 aliphatic carbocycles. The van der Waals surface area contributed by atoms with Gasteiger partial charge in [-0.3, -0.25) is 4.79 Å². The summed E-state index contributed by atoms with van der Waals surface area (Å²) in [5.41, 5.74) is 4.19. The Morgan fingerprint density at radius 2 is 1.88 bits per heavy atom. The van der Waals surface area contributed by atoms with E-state index in [1.54, 1.807) is 23.1 Å². The molecule has 2 aromatic rings. The fourth-order valence-corrected chi connectivity index (χ4v) is 3.14. The number of β-amino-alcohol motifs (C(OH)–C–C–N with tert-alkyl or cyclic N) is 1. The Bertz CT molecular complexity index is 824. The Kier molecular flexibility index (Phi) is 4.84. The third kappa shape index (κ3) is 3.55. The van der Waals surface area contributed by atoms with Crippen molar-refractivity contribution in [1.82, 2.24) is 4.90 Å². The van der Waals surface area contributed by atoms with Gasteiger partial charge < -0.3 is 15.1 Å². The summed E-state index contributed by atoms with van der Waals surface area (Å²) in [5, 5.41) is 28.3. The molecule has 25 heavy (non-hydrogen) atoms. The second-order valence-corrected chi connectivity index (χ2v) is 6.39. The van der Waals surface area contributed by atoms with Crippen LogP contribution in [-0.4, -0.2) is 46.3 Å². The number of piperidine rings is 1. The van der Waals surface area contributed by atoms with Crippen LogP contribution in [0, 0.1) is 18.3 Å². The number of hydrogen-bond donors (Lipinski definition) is 2. The minimum absolute atomic E-state index is 0.144. The van der Waals surface area contributed by atoms with Crippen molar-refractivity contribution in [2.75, 3.05) is 13.1 Å². The molecule has 2 N–H and O–H groups in total. The predicted molar refractivity (Wildman–Crippen MR) is 93.9 cm³/mol. The Morgan fingerprint density at radius 1 is 1.16 bits per heavy atom. The smallest absolute Gasteiger partial charge is 0.253 e. The van der Waals surface area contributed by atoms with Gasteiger partial charge >= 0.3 is 0 Å². The zero-order chi connectivity index (χ0) is 18.0. The second-order valence-electron chi connectivity index (χ2n) is 6.39. The highest BCUT2D eigenvalue weighted by molar-refractivity contribution is 5.94. The van der Waals surface area contributed by atoms with Crippen LogP contribution in [0.4, 0.5) is 0 Å². The molecule has 0 radical (unpaired) electrons. The van der Waals surface area contributed by atoms with E-state index in [1.807, 2.05) is 31.2 Å². The van der Waals surface area contributed by atoms with Gasteiger partial charge in [-0.15, -0.1) is 0 Å². The molecule has 1 fully saturated rings. The molecule has 0 bridgehead atoms. The van der Waals surface area contributed by atoms with Crippen LogP contribution in [0.15, 0.2) is 42.5 Å². The standard InChI is InChI=1S/C20H20N2O3/c1-13-10-14(11-21)2-7-17(13)15-3-5-16(6-4-15)20(25)22-9-8-18(23)19(24)12-22/h2-7,10,18-19,23-24H,8-9,12H2,1H3/t18-,19-/m0/s1. The number of rotatable bonds is 2. The van der Waals surface area contributed by atoms with Gasteiger partial charge in [-0.1, -0.05) is 18.2 Å². The number of carbonyl (C=O) groups is 1. The fraction of sp³-hybridized carbons (Fsp3) is 0.300. The minimum Gasteiger partial charge on any atom is -0.390 e. The number of amides is 1. The molecule has 128 valence electrons. The number of nitriles is 1. The van der Waals surface area contributed by atoms with Gasteiger partial charge in [0.25, 0.3) is 5.91 Å². The molecule has 1 saturated heterocycles. The van der Waals surface area contributed by atoms with Crippen molar-refractivity contribution in [2.45, 2.75) is 25.6 Å². The maximum Gasteiger partial charge on any atom is 0.253 e. The summed E-state index contributed by atoms with van der Waals surface area (Å²) in [6.45, 7) is 2.54. The first-order valence-electron chi connectivity index (χ1n) is 8.26. The third-order valence-corrected chi connectivity index (χ3v) is 4.63. The third-order valence-electron chi connectivity index (χ3n) is 4.63. The predicted octanol–water partition coefficient (Wildman–Crippen LogP) is 2.10. The summed E-state index contributed by atoms with van der Waals surface area (Å²) in [7, 11) is 0. The highest BCUT2D eigenvalue weighted by atomic mass is 16.3. The van der Waals surface area contributed by atoms with Crippen LogP contribution in [0.3, 0.4) is 0 Å². The van der Waals surface area contributed by atoms with E-state index in [1.165, 1.54) is 0 Å². The first-order chi connectivity index (χ1) is 12.0. The SMILES string of the molecule is Cc1cc(C#N)ccc1-c1ccc(C(=O)N2CC[C@H](O)[C@@H](O)C2)cc1. The average Bonchev–Trinajstić information content (AvgIpc) is 2.63. The van der Waals surface area contributed by atoms with Crippen LogP contribution >= 0.6 is 0 Å². The topological polar surface area (TPSA) is 84.6 Å². The lowest BCUT2D eigenvalue weighted by Gasteiger charge is -2.33. The quantitative estimate of drug-likeness (QED) is 0.879. The molecule has 0 spiro atoms. The monoisotopic (exact) mass is 336 g/mol. The molecule has 5 heteroatoms. The number of nitrogens with zero attached hydrogens (tertiary/aromatic N) is 2. The first-order valence-corrected chi connectivity index (χ1v) is 8.26. The van der Waals surface area contributed by atoms with E-state index in [0.717, 1.165) is 16.7 Å². The molecule has 0 saturated carbocycles. The van der Waals surface area contributed by atoms with E-state index in [2.05, 4.69) is 6.07 Å². The second kappa shape index (κ2) is 7.06. The van der Waals surface area contributed by atoms with Gasteiger partial charge in [0.05, 0.1) is 23.8 Å². The van der Waals surface area contributed by atoms with Gasteiger partial charge in [0.15, 0.2) is 0 Å². The van der Waals surface area contributed by atoms with Crippen molar-refractivity contribution in [3.63, 3.8) is 0 Å². The number of carbonyl (C=O) groups excluding carboxylic acids is 1.